The lowest BCUT2D eigenvalue weighted by Gasteiger charge is -2.24. The van der Waals surface area contributed by atoms with E-state index in [2.05, 4.69) is 10.5 Å². The predicted molar refractivity (Wildman–Crippen MR) is 84.1 cm³/mol. The summed E-state index contributed by atoms with van der Waals surface area (Å²) in [5.41, 5.74) is 1.99. The first-order valence-electron chi connectivity index (χ1n) is 6.96. The lowest BCUT2D eigenvalue weighted by atomic mass is 10.0. The van der Waals surface area contributed by atoms with Crippen molar-refractivity contribution in [1.82, 2.24) is 10.5 Å². The summed E-state index contributed by atoms with van der Waals surface area (Å²) in [6.07, 6.45) is -0.276. The quantitative estimate of drug-likeness (QED) is 0.915. The zero-order valence-corrected chi connectivity index (χ0v) is 13.8. The first-order chi connectivity index (χ1) is 10.4. The molecule has 1 heterocycles. The zero-order chi connectivity index (χ0) is 16.3. The highest BCUT2D eigenvalue weighted by atomic mass is 35.5. The van der Waals surface area contributed by atoms with Crippen molar-refractivity contribution in [2.75, 3.05) is 7.11 Å². The Morgan fingerprint density at radius 2 is 1.95 bits per heavy atom. The van der Waals surface area contributed by atoms with E-state index in [9.17, 15) is 4.79 Å². The maximum Gasteiger partial charge on any atom is 0.257 e. The monoisotopic (exact) mass is 322 g/mol. The molecule has 1 aromatic heterocycles. The number of benzene rings is 1. The molecule has 2 rings (SSSR count). The average Bonchev–Trinajstić information content (AvgIpc) is 2.81. The van der Waals surface area contributed by atoms with Gasteiger partial charge >= 0.3 is 0 Å². The molecule has 0 aliphatic carbocycles. The smallest absolute Gasteiger partial charge is 0.257 e. The number of nitrogens with zero attached hydrogens (tertiary/aromatic N) is 1. The van der Waals surface area contributed by atoms with Crippen LogP contribution in [0, 0.1) is 13.8 Å². The molecule has 1 N–H and O–H groups in total. The number of aryl methyl sites for hydroxylation is 2. The van der Waals surface area contributed by atoms with Crippen LogP contribution < -0.4 is 5.32 Å². The summed E-state index contributed by atoms with van der Waals surface area (Å²) in [6.45, 7) is 5.34. The molecule has 2 unspecified atom stereocenters. The molecule has 0 aliphatic rings. The van der Waals surface area contributed by atoms with E-state index >= 15 is 0 Å². The summed E-state index contributed by atoms with van der Waals surface area (Å²) < 4.78 is 10.5. The highest BCUT2D eigenvalue weighted by Crippen LogP contribution is 2.23. The highest BCUT2D eigenvalue weighted by Gasteiger charge is 2.24. The van der Waals surface area contributed by atoms with E-state index in [1.807, 2.05) is 19.1 Å². The number of ether oxygens (including phenoxy) is 1. The van der Waals surface area contributed by atoms with Crippen molar-refractivity contribution in [3.63, 3.8) is 0 Å². The third-order valence-corrected chi connectivity index (χ3v) is 3.78. The molecular formula is C16H19ClN2O3. The molecular weight excluding hydrogens is 304 g/mol. The van der Waals surface area contributed by atoms with E-state index in [4.69, 9.17) is 20.9 Å². The first-order valence-corrected chi connectivity index (χ1v) is 7.33. The molecule has 0 radical (unpaired) electrons. The Kier molecular flexibility index (Phi) is 5.21. The van der Waals surface area contributed by atoms with Gasteiger partial charge in [-0.25, -0.2) is 0 Å². The Bertz CT molecular complexity index is 632. The molecule has 2 atom stereocenters. The van der Waals surface area contributed by atoms with E-state index in [1.165, 1.54) is 0 Å². The second-order valence-electron chi connectivity index (χ2n) is 5.17. The van der Waals surface area contributed by atoms with Gasteiger partial charge in [0.2, 0.25) is 0 Å². The highest BCUT2D eigenvalue weighted by molar-refractivity contribution is 6.30. The third-order valence-electron chi connectivity index (χ3n) is 3.53. The van der Waals surface area contributed by atoms with Crippen LogP contribution in [0.4, 0.5) is 0 Å². The van der Waals surface area contributed by atoms with Crippen LogP contribution >= 0.6 is 11.6 Å². The second-order valence-corrected chi connectivity index (χ2v) is 5.61. The molecule has 0 aliphatic heterocycles. The van der Waals surface area contributed by atoms with E-state index in [0.717, 1.165) is 5.56 Å². The Labute approximate surface area is 134 Å². The normalized spacial score (nSPS) is 13.7. The number of hydrogen-bond acceptors (Lipinski definition) is 4. The van der Waals surface area contributed by atoms with Crippen molar-refractivity contribution < 1.29 is 14.1 Å². The number of hydrogen-bond donors (Lipinski definition) is 1. The van der Waals surface area contributed by atoms with Gasteiger partial charge in [0.05, 0.1) is 11.7 Å². The minimum Gasteiger partial charge on any atom is -0.375 e. The Hall–Kier alpha value is -1.85. The van der Waals surface area contributed by atoms with Crippen LogP contribution in [0.25, 0.3) is 0 Å². The second kappa shape index (κ2) is 6.94. The van der Waals surface area contributed by atoms with Gasteiger partial charge in [0.15, 0.2) is 0 Å². The van der Waals surface area contributed by atoms with Crippen LogP contribution in [0.3, 0.4) is 0 Å². The van der Waals surface area contributed by atoms with Crippen LogP contribution in [0.5, 0.6) is 0 Å². The number of methoxy groups -OCH3 is 1. The minimum absolute atomic E-state index is 0.222. The number of carbonyl (C=O) groups is 1. The average molecular weight is 323 g/mol. The standard InChI is InChI=1S/C16H19ClN2O3/c1-9-14(11(3)22-19-9)16(20)18-10(2)15(21-4)12-5-7-13(17)8-6-12/h5-8,10,15H,1-4H3,(H,18,20). The molecule has 0 saturated carbocycles. The Morgan fingerprint density at radius 3 is 2.45 bits per heavy atom. The molecule has 2 aromatic rings. The summed E-state index contributed by atoms with van der Waals surface area (Å²) >= 11 is 5.90. The zero-order valence-electron chi connectivity index (χ0n) is 13.0. The topological polar surface area (TPSA) is 64.4 Å². The Morgan fingerprint density at radius 1 is 1.32 bits per heavy atom. The van der Waals surface area contributed by atoms with Crippen LogP contribution in [0.1, 0.15) is 40.4 Å². The fraction of sp³-hybridized carbons (Fsp3) is 0.375. The van der Waals surface area contributed by atoms with E-state index < -0.39 is 0 Å². The molecule has 1 aromatic carbocycles. The molecule has 5 nitrogen and oxygen atoms in total. The lowest BCUT2D eigenvalue weighted by molar-refractivity contribution is 0.0644. The van der Waals surface area contributed by atoms with Gasteiger partial charge in [-0.05, 0) is 38.5 Å². The molecule has 0 bridgehead atoms. The number of amides is 1. The van der Waals surface area contributed by atoms with Gasteiger partial charge in [-0.3, -0.25) is 4.79 Å². The summed E-state index contributed by atoms with van der Waals surface area (Å²) in [5.74, 6) is 0.280. The van der Waals surface area contributed by atoms with Gasteiger partial charge < -0.3 is 14.6 Å². The lowest BCUT2D eigenvalue weighted by Crippen LogP contribution is -2.38. The number of carbonyl (C=O) groups excluding carboxylic acids is 1. The van der Waals surface area contributed by atoms with Crippen molar-refractivity contribution in [2.24, 2.45) is 0 Å². The predicted octanol–water partition coefficient (Wildman–Crippen LogP) is 3.45. The van der Waals surface area contributed by atoms with Crippen LogP contribution in [0.2, 0.25) is 5.02 Å². The summed E-state index contributed by atoms with van der Waals surface area (Å²) in [4.78, 5) is 12.4. The maximum absolute atomic E-state index is 12.4. The number of aromatic nitrogens is 1. The van der Waals surface area contributed by atoms with Crippen molar-refractivity contribution >= 4 is 17.5 Å². The van der Waals surface area contributed by atoms with Crippen molar-refractivity contribution in [1.29, 1.82) is 0 Å². The van der Waals surface area contributed by atoms with E-state index in [0.29, 0.717) is 22.0 Å². The van der Waals surface area contributed by atoms with E-state index in [-0.39, 0.29) is 18.1 Å². The van der Waals surface area contributed by atoms with Crippen LogP contribution in [-0.2, 0) is 4.74 Å². The van der Waals surface area contributed by atoms with Gasteiger partial charge in [0, 0.05) is 12.1 Å². The van der Waals surface area contributed by atoms with Gasteiger partial charge in [-0.1, -0.05) is 28.9 Å². The molecule has 0 spiro atoms. The summed E-state index contributed by atoms with van der Waals surface area (Å²) in [6, 6.07) is 7.13. The fourth-order valence-corrected chi connectivity index (χ4v) is 2.57. The van der Waals surface area contributed by atoms with Crippen LogP contribution in [0.15, 0.2) is 28.8 Å². The largest absolute Gasteiger partial charge is 0.375 e. The van der Waals surface area contributed by atoms with Gasteiger partial charge in [0.25, 0.3) is 5.91 Å². The first kappa shape index (κ1) is 16.5. The van der Waals surface area contributed by atoms with Crippen LogP contribution in [-0.4, -0.2) is 24.2 Å². The SMILES string of the molecule is COC(c1ccc(Cl)cc1)C(C)NC(=O)c1c(C)noc1C. The maximum atomic E-state index is 12.4. The summed E-state index contributed by atoms with van der Waals surface area (Å²) in [7, 11) is 1.61. The third kappa shape index (κ3) is 3.48. The Balaban J connectivity index is 2.14. The summed E-state index contributed by atoms with van der Waals surface area (Å²) in [5, 5.41) is 7.39. The molecule has 1 amide bonds. The van der Waals surface area contributed by atoms with Crippen molar-refractivity contribution in [3.8, 4) is 0 Å². The minimum atomic E-state index is -0.276. The van der Waals surface area contributed by atoms with Crippen molar-refractivity contribution in [2.45, 2.75) is 32.9 Å². The number of nitrogens with one attached hydrogen (secondary N) is 1. The fourth-order valence-electron chi connectivity index (χ4n) is 2.44. The number of halogens is 1. The molecule has 0 fully saturated rings. The van der Waals surface area contributed by atoms with E-state index in [1.54, 1.807) is 33.1 Å². The van der Waals surface area contributed by atoms with Crippen molar-refractivity contribution in [3.05, 3.63) is 51.9 Å². The van der Waals surface area contributed by atoms with Gasteiger partial charge in [-0.15, -0.1) is 0 Å². The molecule has 6 heteroatoms. The molecule has 118 valence electrons. The van der Waals surface area contributed by atoms with Gasteiger partial charge in [0.1, 0.15) is 17.4 Å². The number of rotatable bonds is 5. The molecule has 22 heavy (non-hydrogen) atoms. The van der Waals surface area contributed by atoms with Gasteiger partial charge in [-0.2, -0.15) is 0 Å². The molecule has 0 saturated heterocycles.